The number of nitrogens with one attached hydrogen (secondary N) is 2. The minimum atomic E-state index is 0. The van der Waals surface area contributed by atoms with Crippen LogP contribution in [0.5, 0.6) is 0 Å². The second-order valence-electron chi connectivity index (χ2n) is 7.20. The number of ether oxygens (including phenoxy) is 1. The maximum atomic E-state index is 11.8. The zero-order valence-electron chi connectivity index (χ0n) is 17.2. The highest BCUT2D eigenvalue weighted by molar-refractivity contribution is 14.0. The fraction of sp³-hybridized carbons (Fsp3) is 0.619. The summed E-state index contributed by atoms with van der Waals surface area (Å²) in [5, 5.41) is 6.43. The molecule has 7 heteroatoms. The van der Waals surface area contributed by atoms with E-state index in [1.165, 1.54) is 32.1 Å². The highest BCUT2D eigenvalue weighted by atomic mass is 127. The predicted molar refractivity (Wildman–Crippen MR) is 125 cm³/mol. The lowest BCUT2D eigenvalue weighted by Gasteiger charge is -2.22. The molecule has 28 heavy (non-hydrogen) atoms. The number of benzene rings is 1. The molecule has 1 amide bonds. The molecule has 6 nitrogen and oxygen atoms in total. The van der Waals surface area contributed by atoms with Crippen molar-refractivity contribution in [2.24, 2.45) is 4.99 Å². The van der Waals surface area contributed by atoms with Gasteiger partial charge in [0.05, 0.1) is 19.2 Å². The number of carbonyl (C=O) groups is 1. The largest absolute Gasteiger partial charge is 0.378 e. The van der Waals surface area contributed by atoms with Gasteiger partial charge in [0.1, 0.15) is 0 Å². The van der Waals surface area contributed by atoms with Crippen molar-refractivity contribution in [1.82, 2.24) is 15.5 Å². The molecule has 1 aliphatic carbocycles. The van der Waals surface area contributed by atoms with Crippen molar-refractivity contribution < 1.29 is 9.53 Å². The van der Waals surface area contributed by atoms with Gasteiger partial charge in [0, 0.05) is 27.2 Å². The molecule has 0 bridgehead atoms. The van der Waals surface area contributed by atoms with Crippen molar-refractivity contribution in [2.75, 3.05) is 33.8 Å². The SMILES string of the molecule is CN(C)C(=O)CNC(=NCc1ccccc1)NCCCOC1CCCCC1.I. The first-order valence-corrected chi connectivity index (χ1v) is 10.0. The molecule has 0 saturated heterocycles. The van der Waals surface area contributed by atoms with Gasteiger partial charge in [-0.15, -0.1) is 24.0 Å². The monoisotopic (exact) mass is 502 g/mol. The lowest BCUT2D eigenvalue weighted by atomic mass is 9.98. The van der Waals surface area contributed by atoms with Crippen LogP contribution in [-0.2, 0) is 16.1 Å². The van der Waals surface area contributed by atoms with E-state index in [1.807, 2.05) is 30.3 Å². The average molecular weight is 502 g/mol. The summed E-state index contributed by atoms with van der Waals surface area (Å²) in [5.74, 6) is 0.677. The molecule has 0 unspecified atom stereocenters. The van der Waals surface area contributed by atoms with E-state index in [0.717, 1.165) is 25.1 Å². The molecule has 2 rings (SSSR count). The van der Waals surface area contributed by atoms with E-state index in [-0.39, 0.29) is 36.4 Å². The van der Waals surface area contributed by atoms with E-state index >= 15 is 0 Å². The van der Waals surface area contributed by atoms with Gasteiger partial charge in [-0.3, -0.25) is 4.79 Å². The van der Waals surface area contributed by atoms with Crippen LogP contribution in [0.4, 0.5) is 0 Å². The van der Waals surface area contributed by atoms with Crippen LogP contribution in [0, 0.1) is 0 Å². The normalized spacial score (nSPS) is 14.9. The summed E-state index contributed by atoms with van der Waals surface area (Å²) in [4.78, 5) is 18.0. The Labute approximate surface area is 186 Å². The van der Waals surface area contributed by atoms with E-state index in [9.17, 15) is 4.79 Å². The average Bonchev–Trinajstić information content (AvgIpc) is 2.70. The van der Waals surface area contributed by atoms with E-state index in [2.05, 4.69) is 15.6 Å². The zero-order chi connectivity index (χ0) is 19.3. The number of halogens is 1. The molecule has 0 spiro atoms. The smallest absolute Gasteiger partial charge is 0.241 e. The number of nitrogens with zero attached hydrogens (tertiary/aromatic N) is 2. The second-order valence-corrected chi connectivity index (χ2v) is 7.20. The molecular formula is C21H35IN4O2. The van der Waals surface area contributed by atoms with Crippen LogP contribution in [0.3, 0.4) is 0 Å². The predicted octanol–water partition coefficient (Wildman–Crippen LogP) is 3.17. The van der Waals surface area contributed by atoms with Crippen LogP contribution in [-0.4, -0.2) is 56.7 Å². The molecule has 0 aromatic heterocycles. The van der Waals surface area contributed by atoms with Crippen LogP contribution in [0.15, 0.2) is 35.3 Å². The Balaban J connectivity index is 0.00000392. The third-order valence-electron chi connectivity index (χ3n) is 4.69. The maximum Gasteiger partial charge on any atom is 0.241 e. The Hall–Kier alpha value is -1.35. The van der Waals surface area contributed by atoms with Crippen molar-refractivity contribution in [3.8, 4) is 0 Å². The molecule has 0 radical (unpaired) electrons. The van der Waals surface area contributed by atoms with Crippen LogP contribution in [0.25, 0.3) is 0 Å². The number of rotatable bonds is 9. The molecule has 1 aliphatic rings. The summed E-state index contributed by atoms with van der Waals surface area (Å²) in [7, 11) is 3.50. The summed E-state index contributed by atoms with van der Waals surface area (Å²) >= 11 is 0. The van der Waals surface area contributed by atoms with Crippen molar-refractivity contribution in [3.63, 3.8) is 0 Å². The molecule has 1 aromatic carbocycles. The quantitative estimate of drug-likeness (QED) is 0.236. The van der Waals surface area contributed by atoms with Gasteiger partial charge in [-0.2, -0.15) is 0 Å². The number of hydrogen-bond donors (Lipinski definition) is 2. The fourth-order valence-electron chi connectivity index (χ4n) is 3.01. The molecule has 2 N–H and O–H groups in total. The third-order valence-corrected chi connectivity index (χ3v) is 4.69. The van der Waals surface area contributed by atoms with Gasteiger partial charge < -0.3 is 20.3 Å². The molecule has 0 aliphatic heterocycles. The van der Waals surface area contributed by atoms with Crippen LogP contribution in [0.1, 0.15) is 44.1 Å². The number of amides is 1. The first-order valence-electron chi connectivity index (χ1n) is 10.0. The Bertz CT molecular complexity index is 575. The highest BCUT2D eigenvalue weighted by Crippen LogP contribution is 2.20. The third kappa shape index (κ3) is 10.3. The van der Waals surface area contributed by atoms with Gasteiger partial charge in [0.25, 0.3) is 0 Å². The number of hydrogen-bond acceptors (Lipinski definition) is 3. The van der Waals surface area contributed by atoms with Gasteiger partial charge in [0.15, 0.2) is 5.96 Å². The lowest BCUT2D eigenvalue weighted by Crippen LogP contribution is -2.43. The lowest BCUT2D eigenvalue weighted by molar-refractivity contribution is -0.127. The van der Waals surface area contributed by atoms with Crippen LogP contribution < -0.4 is 10.6 Å². The van der Waals surface area contributed by atoms with Crippen molar-refractivity contribution >= 4 is 35.8 Å². The van der Waals surface area contributed by atoms with Crippen molar-refractivity contribution in [3.05, 3.63) is 35.9 Å². The van der Waals surface area contributed by atoms with Crippen molar-refractivity contribution in [1.29, 1.82) is 0 Å². The van der Waals surface area contributed by atoms with E-state index in [1.54, 1.807) is 19.0 Å². The molecular weight excluding hydrogens is 467 g/mol. The summed E-state index contributed by atoms with van der Waals surface area (Å²) < 4.78 is 5.96. The van der Waals surface area contributed by atoms with Crippen molar-refractivity contribution in [2.45, 2.75) is 51.2 Å². The Morgan fingerprint density at radius 3 is 2.54 bits per heavy atom. The maximum absolute atomic E-state index is 11.8. The Kier molecular flexibility index (Phi) is 12.9. The second kappa shape index (κ2) is 14.6. The number of carbonyl (C=O) groups excluding carboxylic acids is 1. The van der Waals surface area contributed by atoms with Crippen LogP contribution in [0.2, 0.25) is 0 Å². The number of aliphatic imine (C=N–C) groups is 1. The first-order chi connectivity index (χ1) is 13.1. The van der Waals surface area contributed by atoms with E-state index in [4.69, 9.17) is 4.74 Å². The first kappa shape index (κ1) is 24.7. The van der Waals surface area contributed by atoms with E-state index < -0.39 is 0 Å². The minimum absolute atomic E-state index is 0. The summed E-state index contributed by atoms with van der Waals surface area (Å²) in [5.41, 5.74) is 1.14. The molecule has 1 aromatic rings. The molecule has 0 atom stereocenters. The molecule has 158 valence electrons. The minimum Gasteiger partial charge on any atom is -0.378 e. The van der Waals surface area contributed by atoms with Gasteiger partial charge >= 0.3 is 0 Å². The van der Waals surface area contributed by atoms with Gasteiger partial charge in [0.2, 0.25) is 5.91 Å². The Morgan fingerprint density at radius 1 is 1.14 bits per heavy atom. The molecule has 0 heterocycles. The zero-order valence-corrected chi connectivity index (χ0v) is 19.5. The molecule has 1 saturated carbocycles. The standard InChI is InChI=1S/C21H34N4O2.HI/c1-25(2)20(26)17-24-21(23-16-18-10-5-3-6-11-18)22-14-9-15-27-19-12-7-4-8-13-19;/h3,5-6,10-11,19H,4,7-9,12-17H2,1-2H3,(H2,22,23,24);1H. The number of guanidine groups is 1. The van der Waals surface area contributed by atoms with E-state index in [0.29, 0.717) is 18.6 Å². The molecule has 1 fully saturated rings. The fourth-order valence-corrected chi connectivity index (χ4v) is 3.01. The van der Waals surface area contributed by atoms with Crippen LogP contribution >= 0.6 is 24.0 Å². The summed E-state index contributed by atoms with van der Waals surface area (Å²) in [6, 6.07) is 10.1. The van der Waals surface area contributed by atoms with Gasteiger partial charge in [-0.1, -0.05) is 49.6 Å². The van der Waals surface area contributed by atoms with Gasteiger partial charge in [-0.25, -0.2) is 4.99 Å². The summed E-state index contributed by atoms with van der Waals surface area (Å²) in [6.45, 7) is 2.33. The number of likely N-dealkylation sites (N-methyl/N-ethyl adjacent to an activating group) is 1. The summed E-state index contributed by atoms with van der Waals surface area (Å²) in [6.07, 6.45) is 7.70. The van der Waals surface area contributed by atoms with Gasteiger partial charge in [-0.05, 0) is 24.8 Å². The topological polar surface area (TPSA) is 66.0 Å². The Morgan fingerprint density at radius 2 is 1.86 bits per heavy atom. The highest BCUT2D eigenvalue weighted by Gasteiger charge is 2.13.